The topological polar surface area (TPSA) is 21.3 Å². The van der Waals surface area contributed by atoms with Gasteiger partial charge in [0.2, 0.25) is 0 Å². The summed E-state index contributed by atoms with van der Waals surface area (Å²) < 4.78 is 6.09. The molecule has 2 nitrogen and oxygen atoms in total. The first-order valence-corrected chi connectivity index (χ1v) is 6.25. The highest BCUT2D eigenvalue weighted by atomic mass is 16.5. The minimum atomic E-state index is 0.394. The Morgan fingerprint density at radius 3 is 2.81 bits per heavy atom. The lowest BCUT2D eigenvalue weighted by atomic mass is 10.1. The molecule has 0 amide bonds. The van der Waals surface area contributed by atoms with Gasteiger partial charge in [0.05, 0.1) is 0 Å². The van der Waals surface area contributed by atoms with Gasteiger partial charge in [-0.05, 0) is 44.4 Å². The van der Waals surface area contributed by atoms with E-state index in [-0.39, 0.29) is 0 Å². The maximum atomic E-state index is 6.09. The third-order valence-corrected chi connectivity index (χ3v) is 3.44. The first-order valence-electron chi connectivity index (χ1n) is 6.25. The van der Waals surface area contributed by atoms with Crippen molar-refractivity contribution in [1.82, 2.24) is 5.32 Å². The second-order valence-corrected chi connectivity index (χ2v) is 4.50. The van der Waals surface area contributed by atoms with Gasteiger partial charge in [-0.3, -0.25) is 0 Å². The highest BCUT2D eigenvalue weighted by molar-refractivity contribution is 5.33. The van der Waals surface area contributed by atoms with E-state index in [0.717, 1.165) is 18.6 Å². The van der Waals surface area contributed by atoms with Crippen molar-refractivity contribution in [3.63, 3.8) is 0 Å². The first kappa shape index (κ1) is 11.5. The molecule has 1 aliphatic rings. The average Bonchev–Trinajstić information content (AvgIpc) is 2.77. The van der Waals surface area contributed by atoms with Gasteiger partial charge in [0.15, 0.2) is 0 Å². The van der Waals surface area contributed by atoms with Gasteiger partial charge in [-0.2, -0.15) is 0 Å². The summed E-state index contributed by atoms with van der Waals surface area (Å²) in [6.07, 6.45) is 4.97. The zero-order valence-electron chi connectivity index (χ0n) is 10.2. The smallest absolute Gasteiger partial charge is 0.122 e. The Morgan fingerprint density at radius 2 is 2.12 bits per heavy atom. The van der Waals surface area contributed by atoms with Crippen LogP contribution in [0, 0.1) is 0 Å². The van der Waals surface area contributed by atoms with Gasteiger partial charge >= 0.3 is 0 Å². The molecule has 0 radical (unpaired) electrons. The zero-order valence-corrected chi connectivity index (χ0v) is 10.2. The second-order valence-electron chi connectivity index (χ2n) is 4.50. The van der Waals surface area contributed by atoms with E-state index < -0.39 is 0 Å². The van der Waals surface area contributed by atoms with Crippen LogP contribution in [0.4, 0.5) is 0 Å². The van der Waals surface area contributed by atoms with Crippen LogP contribution in [0.3, 0.4) is 0 Å². The van der Waals surface area contributed by atoms with Crippen molar-refractivity contribution in [2.75, 3.05) is 7.05 Å². The van der Waals surface area contributed by atoms with E-state index in [1.807, 2.05) is 7.05 Å². The molecule has 2 unspecified atom stereocenters. The molecule has 0 heterocycles. The second kappa shape index (κ2) is 5.35. The normalized spacial score (nSPS) is 24.6. The maximum Gasteiger partial charge on any atom is 0.122 e. The monoisotopic (exact) mass is 219 g/mol. The number of hydrogen-bond acceptors (Lipinski definition) is 2. The Morgan fingerprint density at radius 1 is 1.31 bits per heavy atom. The molecule has 1 N–H and O–H groups in total. The van der Waals surface area contributed by atoms with Crippen molar-refractivity contribution in [1.29, 1.82) is 0 Å². The van der Waals surface area contributed by atoms with Crippen LogP contribution in [-0.2, 0) is 6.42 Å². The molecule has 1 aromatic carbocycles. The summed E-state index contributed by atoms with van der Waals surface area (Å²) in [5, 5.41) is 3.33. The summed E-state index contributed by atoms with van der Waals surface area (Å²) in [5.74, 6) is 1.08. The van der Waals surface area contributed by atoms with E-state index in [0.29, 0.717) is 12.1 Å². The lowest BCUT2D eigenvalue weighted by Crippen LogP contribution is -2.23. The van der Waals surface area contributed by atoms with Crippen LogP contribution in [0.15, 0.2) is 24.3 Å². The third-order valence-electron chi connectivity index (χ3n) is 3.44. The molecule has 0 aromatic heterocycles. The van der Waals surface area contributed by atoms with Crippen LogP contribution in [0.5, 0.6) is 5.75 Å². The molecular formula is C14H21NO. The Labute approximate surface area is 98.0 Å². The van der Waals surface area contributed by atoms with E-state index in [1.54, 1.807) is 0 Å². The van der Waals surface area contributed by atoms with Crippen molar-refractivity contribution in [3.8, 4) is 5.75 Å². The number of para-hydroxylation sites is 1. The molecule has 0 spiro atoms. The Kier molecular flexibility index (Phi) is 3.83. The molecule has 2 atom stereocenters. The molecular weight excluding hydrogens is 198 g/mol. The Bertz CT molecular complexity index is 337. The summed E-state index contributed by atoms with van der Waals surface area (Å²) in [4.78, 5) is 0. The van der Waals surface area contributed by atoms with Crippen molar-refractivity contribution in [3.05, 3.63) is 29.8 Å². The van der Waals surface area contributed by atoms with Gasteiger partial charge in [0.25, 0.3) is 0 Å². The van der Waals surface area contributed by atoms with E-state index in [2.05, 4.69) is 36.5 Å². The summed E-state index contributed by atoms with van der Waals surface area (Å²) in [6.45, 7) is 2.17. The van der Waals surface area contributed by atoms with Crippen LogP contribution < -0.4 is 10.1 Å². The van der Waals surface area contributed by atoms with Crippen molar-refractivity contribution in [2.24, 2.45) is 0 Å². The number of rotatable bonds is 4. The van der Waals surface area contributed by atoms with E-state index in [1.165, 1.54) is 18.4 Å². The predicted octanol–water partition coefficient (Wildman–Crippen LogP) is 2.77. The molecule has 88 valence electrons. The fourth-order valence-corrected chi connectivity index (χ4v) is 2.40. The standard InChI is InChI=1S/C14H21NO/c1-3-11-6-4-5-7-14(11)16-13-9-8-12(10-13)15-2/h4-7,12-13,15H,3,8-10H2,1-2H3. The summed E-state index contributed by atoms with van der Waals surface area (Å²) in [5.41, 5.74) is 1.32. The predicted molar refractivity (Wildman–Crippen MR) is 66.9 cm³/mol. The highest BCUT2D eigenvalue weighted by Crippen LogP contribution is 2.27. The molecule has 0 aliphatic heterocycles. The number of ether oxygens (including phenoxy) is 1. The fourth-order valence-electron chi connectivity index (χ4n) is 2.40. The largest absolute Gasteiger partial charge is 0.490 e. The molecule has 1 aromatic rings. The van der Waals surface area contributed by atoms with Crippen LogP contribution in [0.2, 0.25) is 0 Å². The quantitative estimate of drug-likeness (QED) is 0.840. The van der Waals surface area contributed by atoms with Gasteiger partial charge in [-0.25, -0.2) is 0 Å². The Hall–Kier alpha value is -1.02. The molecule has 16 heavy (non-hydrogen) atoms. The van der Waals surface area contributed by atoms with Gasteiger partial charge in [-0.1, -0.05) is 25.1 Å². The average molecular weight is 219 g/mol. The molecule has 1 fully saturated rings. The van der Waals surface area contributed by atoms with Crippen LogP contribution in [-0.4, -0.2) is 19.2 Å². The van der Waals surface area contributed by atoms with Crippen LogP contribution >= 0.6 is 0 Å². The molecule has 2 heteroatoms. The molecule has 0 saturated heterocycles. The number of benzene rings is 1. The zero-order chi connectivity index (χ0) is 11.4. The summed E-state index contributed by atoms with van der Waals surface area (Å²) >= 11 is 0. The van der Waals surface area contributed by atoms with E-state index in [4.69, 9.17) is 4.74 Å². The van der Waals surface area contributed by atoms with Crippen molar-refractivity contribution < 1.29 is 4.74 Å². The third kappa shape index (κ3) is 2.56. The van der Waals surface area contributed by atoms with Crippen molar-refractivity contribution in [2.45, 2.75) is 44.8 Å². The van der Waals surface area contributed by atoms with Gasteiger partial charge in [0.1, 0.15) is 11.9 Å². The minimum absolute atomic E-state index is 0.394. The fraction of sp³-hybridized carbons (Fsp3) is 0.571. The lowest BCUT2D eigenvalue weighted by Gasteiger charge is -2.16. The summed E-state index contributed by atoms with van der Waals surface area (Å²) in [6, 6.07) is 9.01. The van der Waals surface area contributed by atoms with E-state index in [9.17, 15) is 0 Å². The number of hydrogen-bond donors (Lipinski definition) is 1. The molecule has 1 saturated carbocycles. The molecule has 1 aliphatic carbocycles. The number of aryl methyl sites for hydroxylation is 1. The summed E-state index contributed by atoms with van der Waals surface area (Å²) in [7, 11) is 2.03. The van der Waals surface area contributed by atoms with E-state index >= 15 is 0 Å². The van der Waals surface area contributed by atoms with Crippen LogP contribution in [0.25, 0.3) is 0 Å². The Balaban J connectivity index is 1.99. The minimum Gasteiger partial charge on any atom is -0.490 e. The van der Waals surface area contributed by atoms with Gasteiger partial charge < -0.3 is 10.1 Å². The SMILES string of the molecule is CCc1ccccc1OC1CCC(NC)C1. The molecule has 2 rings (SSSR count). The van der Waals surface area contributed by atoms with Gasteiger partial charge in [-0.15, -0.1) is 0 Å². The van der Waals surface area contributed by atoms with Crippen molar-refractivity contribution >= 4 is 0 Å². The first-order chi connectivity index (χ1) is 7.83. The van der Waals surface area contributed by atoms with Crippen LogP contribution in [0.1, 0.15) is 31.7 Å². The molecule has 0 bridgehead atoms. The maximum absolute atomic E-state index is 6.09. The van der Waals surface area contributed by atoms with Gasteiger partial charge in [0, 0.05) is 6.04 Å². The highest BCUT2D eigenvalue weighted by Gasteiger charge is 2.25. The lowest BCUT2D eigenvalue weighted by molar-refractivity contribution is 0.205. The number of nitrogens with one attached hydrogen (secondary N) is 1.